The third-order valence-corrected chi connectivity index (χ3v) is 4.23. The average molecular weight is 356 g/mol. The van der Waals surface area contributed by atoms with Gasteiger partial charge in [-0.2, -0.15) is 4.68 Å². The molecule has 0 aliphatic heterocycles. The first kappa shape index (κ1) is 17.4. The Labute approximate surface area is 152 Å². The smallest absolute Gasteiger partial charge is 0.291 e. The van der Waals surface area contributed by atoms with Gasteiger partial charge in [-0.15, -0.1) is 5.10 Å². The highest BCUT2D eigenvalue weighted by molar-refractivity contribution is 7.71. The SMILES string of the molecule is COc1ccc(C[NH+](C)Cn2nc(Cc3ccccc3)oc2=S)cc1. The molecule has 0 amide bonds. The zero-order chi connectivity index (χ0) is 17.6. The molecule has 0 saturated heterocycles. The summed E-state index contributed by atoms with van der Waals surface area (Å²) in [5.74, 6) is 1.51. The molecule has 0 aliphatic carbocycles. The quantitative estimate of drug-likeness (QED) is 0.661. The molecule has 2 aromatic carbocycles. The average Bonchev–Trinajstić information content (AvgIpc) is 2.95. The molecule has 0 aliphatic rings. The monoisotopic (exact) mass is 356 g/mol. The standard InChI is InChI=1S/C19H21N3O2S/c1-21(13-16-8-10-17(23-2)11-9-16)14-22-19(25)24-18(20-22)12-15-6-4-3-5-7-15/h3-11H,12-14H2,1-2H3/p+1. The summed E-state index contributed by atoms with van der Waals surface area (Å²) in [6, 6.07) is 18.2. The maximum Gasteiger partial charge on any atom is 0.291 e. The van der Waals surface area contributed by atoms with Gasteiger partial charge in [0, 0.05) is 5.56 Å². The van der Waals surface area contributed by atoms with Gasteiger partial charge < -0.3 is 14.1 Å². The van der Waals surface area contributed by atoms with Crippen molar-refractivity contribution in [2.75, 3.05) is 14.2 Å². The molecule has 0 bridgehead atoms. The molecule has 25 heavy (non-hydrogen) atoms. The van der Waals surface area contributed by atoms with Crippen LogP contribution < -0.4 is 9.64 Å². The van der Waals surface area contributed by atoms with E-state index >= 15 is 0 Å². The number of ether oxygens (including phenoxy) is 1. The Bertz CT molecular complexity index is 856. The fraction of sp³-hybridized carbons (Fsp3) is 0.263. The molecule has 1 aromatic heterocycles. The molecule has 6 heteroatoms. The van der Waals surface area contributed by atoms with E-state index in [0.29, 0.717) is 23.8 Å². The molecule has 1 heterocycles. The zero-order valence-corrected chi connectivity index (χ0v) is 15.3. The summed E-state index contributed by atoms with van der Waals surface area (Å²) in [7, 11) is 3.78. The van der Waals surface area contributed by atoms with Crippen LogP contribution in [0.25, 0.3) is 0 Å². The van der Waals surface area contributed by atoms with E-state index in [-0.39, 0.29) is 0 Å². The van der Waals surface area contributed by atoms with E-state index in [0.717, 1.165) is 17.9 Å². The first-order chi connectivity index (χ1) is 12.1. The highest BCUT2D eigenvalue weighted by atomic mass is 32.1. The van der Waals surface area contributed by atoms with E-state index in [4.69, 9.17) is 21.4 Å². The first-order valence-corrected chi connectivity index (χ1v) is 8.60. The number of hydrogen-bond acceptors (Lipinski definition) is 4. The van der Waals surface area contributed by atoms with Crippen LogP contribution in [0.1, 0.15) is 17.0 Å². The lowest BCUT2D eigenvalue weighted by Gasteiger charge is -2.13. The summed E-state index contributed by atoms with van der Waals surface area (Å²) in [6.45, 7) is 1.52. The lowest BCUT2D eigenvalue weighted by molar-refractivity contribution is -0.917. The number of nitrogens with zero attached hydrogens (tertiary/aromatic N) is 2. The molecule has 0 saturated carbocycles. The van der Waals surface area contributed by atoms with Gasteiger partial charge in [-0.1, -0.05) is 30.3 Å². The van der Waals surface area contributed by atoms with Gasteiger partial charge in [0.1, 0.15) is 12.3 Å². The van der Waals surface area contributed by atoms with Crippen LogP contribution in [0.2, 0.25) is 0 Å². The number of benzene rings is 2. The molecule has 3 rings (SSSR count). The fourth-order valence-electron chi connectivity index (χ4n) is 2.69. The molecule has 3 aromatic rings. The molecule has 0 radical (unpaired) electrons. The van der Waals surface area contributed by atoms with E-state index in [1.165, 1.54) is 10.5 Å². The van der Waals surface area contributed by atoms with Crippen LogP contribution in [0.3, 0.4) is 0 Å². The van der Waals surface area contributed by atoms with Gasteiger partial charge in [-0.25, -0.2) is 0 Å². The first-order valence-electron chi connectivity index (χ1n) is 8.19. The van der Waals surface area contributed by atoms with Crippen molar-refractivity contribution in [3.63, 3.8) is 0 Å². The van der Waals surface area contributed by atoms with Crippen LogP contribution >= 0.6 is 12.2 Å². The van der Waals surface area contributed by atoms with E-state index in [9.17, 15) is 0 Å². The molecule has 1 unspecified atom stereocenters. The van der Waals surface area contributed by atoms with E-state index < -0.39 is 0 Å². The number of methoxy groups -OCH3 is 1. The maximum absolute atomic E-state index is 5.64. The molecular formula is C19H22N3O2S+. The molecular weight excluding hydrogens is 334 g/mol. The summed E-state index contributed by atoms with van der Waals surface area (Å²) >= 11 is 5.31. The minimum absolute atomic E-state index is 0.417. The Balaban J connectivity index is 1.62. The zero-order valence-electron chi connectivity index (χ0n) is 14.4. The number of hydrogen-bond donors (Lipinski definition) is 1. The maximum atomic E-state index is 5.64. The number of aromatic nitrogens is 2. The molecule has 1 atom stereocenters. The van der Waals surface area contributed by atoms with Crippen molar-refractivity contribution in [1.82, 2.24) is 9.78 Å². The van der Waals surface area contributed by atoms with Crippen LogP contribution in [0.15, 0.2) is 59.0 Å². The Morgan fingerprint density at radius 1 is 1.08 bits per heavy atom. The number of rotatable bonds is 7. The van der Waals surface area contributed by atoms with Crippen molar-refractivity contribution in [2.45, 2.75) is 19.6 Å². The molecule has 0 fully saturated rings. The third-order valence-electron chi connectivity index (χ3n) is 3.93. The third kappa shape index (κ3) is 4.78. The lowest BCUT2D eigenvalue weighted by Crippen LogP contribution is -3.07. The van der Waals surface area contributed by atoms with Crippen LogP contribution in [-0.4, -0.2) is 23.9 Å². The largest absolute Gasteiger partial charge is 0.497 e. The van der Waals surface area contributed by atoms with Crippen molar-refractivity contribution in [1.29, 1.82) is 0 Å². The second-order valence-electron chi connectivity index (χ2n) is 6.06. The molecule has 0 spiro atoms. The van der Waals surface area contributed by atoms with Crippen LogP contribution in [-0.2, 0) is 19.6 Å². The second kappa shape index (κ2) is 8.09. The molecule has 130 valence electrons. The van der Waals surface area contributed by atoms with Crippen molar-refractivity contribution in [2.24, 2.45) is 0 Å². The highest BCUT2D eigenvalue weighted by Gasteiger charge is 2.11. The molecule has 1 N–H and O–H groups in total. The topological polar surface area (TPSA) is 44.6 Å². The van der Waals surface area contributed by atoms with Gasteiger partial charge in [0.15, 0.2) is 6.67 Å². The van der Waals surface area contributed by atoms with Gasteiger partial charge in [0.05, 0.1) is 20.6 Å². The lowest BCUT2D eigenvalue weighted by atomic mass is 10.2. The van der Waals surface area contributed by atoms with E-state index in [1.807, 2.05) is 30.3 Å². The summed E-state index contributed by atoms with van der Waals surface area (Å²) < 4.78 is 12.6. The van der Waals surface area contributed by atoms with Crippen molar-refractivity contribution >= 4 is 12.2 Å². The van der Waals surface area contributed by atoms with Crippen LogP contribution in [0.4, 0.5) is 0 Å². The number of quaternary nitrogens is 1. The van der Waals surface area contributed by atoms with E-state index in [1.54, 1.807) is 11.8 Å². The van der Waals surface area contributed by atoms with Gasteiger partial charge in [0.2, 0.25) is 5.89 Å². The normalized spacial score (nSPS) is 12.1. The summed E-state index contributed by atoms with van der Waals surface area (Å²) in [5, 5.41) is 4.52. The fourth-order valence-corrected chi connectivity index (χ4v) is 2.90. The van der Waals surface area contributed by atoms with Gasteiger partial charge >= 0.3 is 0 Å². The predicted octanol–water partition coefficient (Wildman–Crippen LogP) is 2.48. The predicted molar refractivity (Wildman–Crippen MR) is 98.2 cm³/mol. The van der Waals surface area contributed by atoms with Crippen molar-refractivity contribution in [3.05, 3.63) is 76.5 Å². The minimum atomic E-state index is 0.417. The Kier molecular flexibility index (Phi) is 5.63. The molecule has 5 nitrogen and oxygen atoms in total. The Morgan fingerprint density at radius 2 is 1.80 bits per heavy atom. The summed E-state index contributed by atoms with van der Waals surface area (Å²) in [6.07, 6.45) is 0.648. The van der Waals surface area contributed by atoms with Crippen LogP contribution in [0.5, 0.6) is 5.75 Å². The van der Waals surface area contributed by atoms with Gasteiger partial charge in [0.25, 0.3) is 4.84 Å². The number of nitrogens with one attached hydrogen (secondary N) is 1. The van der Waals surface area contributed by atoms with Crippen molar-refractivity contribution in [3.8, 4) is 5.75 Å². The minimum Gasteiger partial charge on any atom is -0.497 e. The summed E-state index contributed by atoms with van der Waals surface area (Å²) in [5.41, 5.74) is 2.39. The van der Waals surface area contributed by atoms with Gasteiger partial charge in [-0.05, 0) is 42.0 Å². The second-order valence-corrected chi connectivity index (χ2v) is 6.41. The van der Waals surface area contributed by atoms with Crippen LogP contribution in [0, 0.1) is 4.84 Å². The van der Waals surface area contributed by atoms with E-state index in [2.05, 4.69) is 36.4 Å². The summed E-state index contributed by atoms with van der Waals surface area (Å²) in [4.78, 5) is 1.68. The van der Waals surface area contributed by atoms with Crippen molar-refractivity contribution < 1.29 is 14.1 Å². The Hall–Kier alpha value is -2.44. The van der Waals surface area contributed by atoms with Gasteiger partial charge in [-0.3, -0.25) is 0 Å². The Morgan fingerprint density at radius 3 is 2.48 bits per heavy atom. The highest BCUT2D eigenvalue weighted by Crippen LogP contribution is 2.10.